The zero-order valence-corrected chi connectivity index (χ0v) is 6.88. The number of nitrogens with zero attached hydrogens (tertiary/aromatic N) is 3. The van der Waals surface area contributed by atoms with Crippen LogP contribution in [0.1, 0.15) is 0 Å². The standard InChI is InChI=1S/C6H10N4O3/c7-5-3-10(8-13-5)9-1-2-12-6(11)4-9/h3,6-7,11H,1-2,4H2. The van der Waals surface area contributed by atoms with E-state index >= 15 is 0 Å². The van der Waals surface area contributed by atoms with Crippen LogP contribution in [0, 0.1) is 0 Å². The van der Waals surface area contributed by atoms with Gasteiger partial charge in [0.05, 0.1) is 17.9 Å². The van der Waals surface area contributed by atoms with Gasteiger partial charge in [0.2, 0.25) is 5.27 Å². The fourth-order valence-corrected chi connectivity index (χ4v) is 1.18. The van der Waals surface area contributed by atoms with Gasteiger partial charge in [0.15, 0.2) is 6.29 Å². The van der Waals surface area contributed by atoms with E-state index < -0.39 is 6.29 Å². The Balaban J connectivity index is 2.08. The monoisotopic (exact) mass is 186 g/mol. The highest BCUT2D eigenvalue weighted by atomic mass is 16.6. The van der Waals surface area contributed by atoms with Gasteiger partial charge in [0.25, 0.3) is 6.20 Å². The largest absolute Gasteiger partial charge is 0.660 e. The van der Waals surface area contributed by atoms with Crippen LogP contribution in [0.3, 0.4) is 0 Å². The lowest BCUT2D eigenvalue weighted by Gasteiger charge is -2.23. The Morgan fingerprint density at radius 1 is 1.77 bits per heavy atom. The summed E-state index contributed by atoms with van der Waals surface area (Å²) in [5, 5.41) is 14.5. The van der Waals surface area contributed by atoms with E-state index in [0.717, 1.165) is 0 Å². The van der Waals surface area contributed by atoms with Gasteiger partial charge in [-0.2, -0.15) is 0 Å². The summed E-state index contributed by atoms with van der Waals surface area (Å²) in [6, 6.07) is 0. The Hall–Kier alpha value is -1.34. The molecule has 0 spiro atoms. The maximum Gasteiger partial charge on any atom is 0.256 e. The fourth-order valence-electron chi connectivity index (χ4n) is 1.18. The first-order valence-corrected chi connectivity index (χ1v) is 3.91. The Morgan fingerprint density at radius 2 is 2.62 bits per heavy atom. The molecule has 0 bridgehead atoms. The SMILES string of the molecule is [NH-]c1c[n+](N2CCOC(O)C2)no1. The number of aliphatic hydroxyl groups is 1. The van der Waals surface area contributed by atoms with Gasteiger partial charge in [-0.3, -0.25) is 0 Å². The third-order valence-corrected chi connectivity index (χ3v) is 1.77. The van der Waals surface area contributed by atoms with Crippen LogP contribution in [0.2, 0.25) is 0 Å². The minimum absolute atomic E-state index is 0.0130. The van der Waals surface area contributed by atoms with E-state index in [1.165, 1.54) is 11.0 Å². The third kappa shape index (κ3) is 1.70. The van der Waals surface area contributed by atoms with Crippen LogP contribution < -0.4 is 9.80 Å². The predicted octanol–water partition coefficient (Wildman–Crippen LogP) is -1.07. The van der Waals surface area contributed by atoms with Gasteiger partial charge in [-0.15, -0.1) is 5.01 Å². The molecule has 1 aliphatic heterocycles. The van der Waals surface area contributed by atoms with Crippen molar-refractivity contribution in [2.75, 3.05) is 24.7 Å². The molecule has 2 rings (SSSR count). The summed E-state index contributed by atoms with van der Waals surface area (Å²) in [6.45, 7) is 1.39. The van der Waals surface area contributed by atoms with Crippen molar-refractivity contribution in [3.63, 3.8) is 0 Å². The number of β-amino-alcohol motifs (C(OH)–C–C–N with tert-alkyl or cyclic N) is 1. The first-order chi connectivity index (χ1) is 6.25. The molecule has 1 atom stereocenters. The first-order valence-electron chi connectivity index (χ1n) is 3.91. The molecule has 72 valence electrons. The molecule has 0 aromatic carbocycles. The molecule has 0 saturated carbocycles. The second-order valence-corrected chi connectivity index (χ2v) is 2.72. The summed E-state index contributed by atoms with van der Waals surface area (Å²) in [7, 11) is 0. The molecule has 1 unspecified atom stereocenters. The van der Waals surface area contributed by atoms with Gasteiger partial charge >= 0.3 is 0 Å². The highest BCUT2D eigenvalue weighted by molar-refractivity contribution is 5.19. The number of rotatable bonds is 1. The second-order valence-electron chi connectivity index (χ2n) is 2.72. The lowest BCUT2D eigenvalue weighted by molar-refractivity contribution is -0.761. The molecule has 1 saturated heterocycles. The maximum atomic E-state index is 9.17. The summed E-state index contributed by atoms with van der Waals surface area (Å²) in [4.78, 5) is 1.40. The predicted molar refractivity (Wildman–Crippen MR) is 40.6 cm³/mol. The minimum atomic E-state index is -0.799. The summed E-state index contributed by atoms with van der Waals surface area (Å²) >= 11 is 0. The molecule has 2 heterocycles. The molecular weight excluding hydrogens is 176 g/mol. The van der Waals surface area contributed by atoms with Crippen molar-refractivity contribution in [3.05, 3.63) is 11.9 Å². The van der Waals surface area contributed by atoms with Gasteiger partial charge in [0.1, 0.15) is 12.4 Å². The number of ether oxygens (including phenoxy) is 1. The smallest absolute Gasteiger partial charge is 0.256 e. The van der Waals surface area contributed by atoms with E-state index in [1.54, 1.807) is 5.01 Å². The van der Waals surface area contributed by atoms with E-state index in [-0.39, 0.29) is 5.88 Å². The van der Waals surface area contributed by atoms with Crippen molar-refractivity contribution < 1.29 is 19.2 Å². The zero-order chi connectivity index (χ0) is 9.26. The summed E-state index contributed by atoms with van der Waals surface area (Å²) in [5.74, 6) is -0.0130. The Kier molecular flexibility index (Phi) is 2.03. The summed E-state index contributed by atoms with van der Waals surface area (Å²) in [6.07, 6.45) is 0.630. The van der Waals surface area contributed by atoms with Crippen molar-refractivity contribution in [1.82, 2.24) is 5.27 Å². The molecule has 1 aliphatic rings. The fraction of sp³-hybridized carbons (Fsp3) is 0.667. The molecule has 0 radical (unpaired) electrons. The minimum Gasteiger partial charge on any atom is -0.660 e. The maximum absolute atomic E-state index is 9.17. The average Bonchev–Trinajstić information content (AvgIpc) is 2.52. The number of morpholine rings is 1. The van der Waals surface area contributed by atoms with Gasteiger partial charge in [0, 0.05) is 0 Å². The van der Waals surface area contributed by atoms with E-state index in [9.17, 15) is 0 Å². The summed E-state index contributed by atoms with van der Waals surface area (Å²) < 4.78 is 9.50. The van der Waals surface area contributed by atoms with E-state index in [1.807, 2.05) is 0 Å². The van der Waals surface area contributed by atoms with Crippen LogP contribution in [-0.4, -0.2) is 36.4 Å². The molecule has 1 aromatic heterocycles. The third-order valence-electron chi connectivity index (χ3n) is 1.77. The molecular formula is C6H10N4O3. The number of nitrogens with one attached hydrogen (secondary N) is 1. The number of hydrogen-bond acceptors (Lipinski definition) is 5. The highest BCUT2D eigenvalue weighted by Crippen LogP contribution is 2.03. The lowest BCUT2D eigenvalue weighted by atomic mass is 10.5. The normalized spacial score (nSPS) is 23.5. The topological polar surface area (TPSA) is 86.4 Å². The zero-order valence-electron chi connectivity index (χ0n) is 6.88. The van der Waals surface area contributed by atoms with Gasteiger partial charge < -0.3 is 20.1 Å². The van der Waals surface area contributed by atoms with Crippen molar-refractivity contribution in [3.8, 4) is 0 Å². The number of aromatic nitrogens is 2. The Labute approximate surface area is 74.2 Å². The van der Waals surface area contributed by atoms with Crippen molar-refractivity contribution in [1.29, 1.82) is 0 Å². The van der Waals surface area contributed by atoms with Crippen molar-refractivity contribution in [2.24, 2.45) is 0 Å². The average molecular weight is 186 g/mol. The quantitative estimate of drug-likeness (QED) is 0.564. The second kappa shape index (κ2) is 3.19. The highest BCUT2D eigenvalue weighted by Gasteiger charge is 2.25. The van der Waals surface area contributed by atoms with Crippen LogP contribution in [0.5, 0.6) is 0 Å². The van der Waals surface area contributed by atoms with Gasteiger partial charge in [-0.1, -0.05) is 0 Å². The van der Waals surface area contributed by atoms with Crippen LogP contribution in [0.25, 0.3) is 5.73 Å². The van der Waals surface area contributed by atoms with Crippen LogP contribution in [-0.2, 0) is 4.74 Å². The lowest BCUT2D eigenvalue weighted by Crippen LogP contribution is -2.64. The van der Waals surface area contributed by atoms with E-state index in [0.29, 0.717) is 19.7 Å². The van der Waals surface area contributed by atoms with E-state index in [4.69, 9.17) is 15.6 Å². The molecule has 1 fully saturated rings. The van der Waals surface area contributed by atoms with E-state index in [2.05, 4.69) is 9.79 Å². The molecule has 1 aromatic rings. The Morgan fingerprint density at radius 3 is 3.23 bits per heavy atom. The van der Waals surface area contributed by atoms with Gasteiger partial charge in [-0.25, -0.2) is 0 Å². The molecule has 7 heteroatoms. The van der Waals surface area contributed by atoms with Crippen molar-refractivity contribution in [2.45, 2.75) is 6.29 Å². The number of aliphatic hydroxyl groups excluding tert-OH is 1. The molecule has 13 heavy (non-hydrogen) atoms. The van der Waals surface area contributed by atoms with Crippen molar-refractivity contribution >= 4 is 5.88 Å². The van der Waals surface area contributed by atoms with Gasteiger partial charge in [-0.05, 0) is 0 Å². The van der Waals surface area contributed by atoms with Crippen LogP contribution >= 0.6 is 0 Å². The molecule has 2 N–H and O–H groups in total. The Bertz CT molecular complexity index is 289. The van der Waals surface area contributed by atoms with Crippen LogP contribution in [0.4, 0.5) is 5.88 Å². The molecule has 0 aliphatic carbocycles. The first kappa shape index (κ1) is 8.27. The number of hydrogen-bond donors (Lipinski definition) is 1. The molecule has 0 amide bonds. The molecule has 7 nitrogen and oxygen atoms in total. The summed E-state index contributed by atoms with van der Waals surface area (Å²) in [5.41, 5.74) is 7.11. The van der Waals surface area contributed by atoms with Crippen LogP contribution in [0.15, 0.2) is 10.7 Å².